The summed E-state index contributed by atoms with van der Waals surface area (Å²) in [6, 6.07) is 13.3. The van der Waals surface area contributed by atoms with Gasteiger partial charge in [-0.25, -0.2) is 9.78 Å². The van der Waals surface area contributed by atoms with Gasteiger partial charge in [-0.15, -0.1) is 0 Å². The Morgan fingerprint density at radius 2 is 1.63 bits per heavy atom. The topological polar surface area (TPSA) is 74.5 Å². The van der Waals surface area contributed by atoms with Crippen LogP contribution in [0.1, 0.15) is 33.1 Å². The van der Waals surface area contributed by atoms with Crippen molar-refractivity contribution < 1.29 is 45.1 Å². The molecule has 0 unspecified atom stereocenters. The third-order valence-electron chi connectivity index (χ3n) is 4.75. The molecule has 182 valence electrons. The molecule has 4 aromatic rings. The Hall–Kier alpha value is -4.09. The van der Waals surface area contributed by atoms with Crippen molar-refractivity contribution in [1.82, 2.24) is 10.1 Å². The number of carbonyl (C=O) groups is 1. The van der Waals surface area contributed by atoms with E-state index in [-0.39, 0.29) is 23.4 Å². The molecule has 0 bridgehead atoms. The van der Waals surface area contributed by atoms with Crippen molar-refractivity contribution >= 4 is 16.9 Å². The molecule has 0 amide bonds. The number of fused-ring (bicyclic) bond motifs is 1. The summed E-state index contributed by atoms with van der Waals surface area (Å²) in [5.74, 6) is -1.38. The molecule has 0 saturated heterocycles. The second kappa shape index (κ2) is 9.28. The summed E-state index contributed by atoms with van der Waals surface area (Å²) >= 11 is 0. The van der Waals surface area contributed by atoms with E-state index in [0.717, 1.165) is 23.8 Å². The smallest absolute Gasteiger partial charge is 0.433 e. The molecule has 0 aliphatic rings. The van der Waals surface area contributed by atoms with Gasteiger partial charge in [-0.2, -0.15) is 26.3 Å². The fourth-order valence-corrected chi connectivity index (χ4v) is 3.13. The molecule has 0 aliphatic carbocycles. The minimum atomic E-state index is -5.02. The molecule has 12 heteroatoms. The van der Waals surface area contributed by atoms with Crippen LogP contribution in [0.4, 0.5) is 26.3 Å². The van der Waals surface area contributed by atoms with Crippen LogP contribution in [0.25, 0.3) is 10.9 Å². The first-order valence-electron chi connectivity index (χ1n) is 9.90. The van der Waals surface area contributed by atoms with Crippen molar-refractivity contribution in [3.8, 4) is 5.75 Å². The first-order chi connectivity index (χ1) is 16.5. The van der Waals surface area contributed by atoms with Crippen LogP contribution >= 0.6 is 0 Å². The van der Waals surface area contributed by atoms with Gasteiger partial charge in [0, 0.05) is 17.5 Å². The predicted octanol–water partition coefficient (Wildman–Crippen LogP) is 6.20. The van der Waals surface area contributed by atoms with Crippen molar-refractivity contribution in [2.45, 2.75) is 25.6 Å². The van der Waals surface area contributed by atoms with Gasteiger partial charge in [0.25, 0.3) is 0 Å². The standard InChI is InChI=1S/C23H14F6N2O4/c24-22(25,26)16-8-4-7-15-18(10-19(23(27,28)29)30-20(15)16)33-12-14-9-17(31-35-14)21(32)34-11-13-5-2-1-3-6-13/h1-10H,11-12H2. The average molecular weight is 496 g/mol. The monoisotopic (exact) mass is 496 g/mol. The first kappa shape index (κ1) is 24.0. The lowest BCUT2D eigenvalue weighted by Crippen LogP contribution is -2.12. The Morgan fingerprint density at radius 1 is 0.886 bits per heavy atom. The molecular formula is C23H14F6N2O4. The van der Waals surface area contributed by atoms with Crippen molar-refractivity contribution in [3.63, 3.8) is 0 Å². The van der Waals surface area contributed by atoms with Gasteiger partial charge in [0.15, 0.2) is 11.5 Å². The van der Waals surface area contributed by atoms with Crippen LogP contribution in [-0.2, 0) is 30.3 Å². The number of halogens is 6. The van der Waals surface area contributed by atoms with Crippen LogP contribution in [0.15, 0.2) is 65.2 Å². The lowest BCUT2D eigenvalue weighted by Gasteiger charge is -2.15. The number of rotatable bonds is 6. The predicted molar refractivity (Wildman–Crippen MR) is 108 cm³/mol. The van der Waals surface area contributed by atoms with Crippen LogP contribution in [0.2, 0.25) is 0 Å². The molecule has 2 heterocycles. The molecule has 35 heavy (non-hydrogen) atoms. The van der Waals surface area contributed by atoms with Gasteiger partial charge in [-0.1, -0.05) is 41.6 Å². The molecule has 0 aliphatic heterocycles. The van der Waals surface area contributed by atoms with E-state index in [1.54, 1.807) is 30.3 Å². The van der Waals surface area contributed by atoms with Crippen LogP contribution < -0.4 is 4.74 Å². The Bertz CT molecular complexity index is 1350. The largest absolute Gasteiger partial charge is 0.485 e. The summed E-state index contributed by atoms with van der Waals surface area (Å²) in [5, 5.41) is 3.25. The maximum Gasteiger partial charge on any atom is 0.433 e. The molecule has 0 atom stereocenters. The van der Waals surface area contributed by atoms with Gasteiger partial charge < -0.3 is 14.0 Å². The van der Waals surface area contributed by atoms with Crippen LogP contribution in [0, 0.1) is 0 Å². The second-order valence-electron chi connectivity index (χ2n) is 7.23. The highest BCUT2D eigenvalue weighted by atomic mass is 19.4. The Labute approximate surface area is 193 Å². The van der Waals surface area contributed by atoms with Gasteiger partial charge in [0.05, 0.1) is 11.1 Å². The minimum absolute atomic E-state index is 0.0247. The Morgan fingerprint density at radius 3 is 2.31 bits per heavy atom. The number of hydrogen-bond acceptors (Lipinski definition) is 6. The molecule has 0 saturated carbocycles. The van der Waals surface area contributed by atoms with E-state index in [9.17, 15) is 31.1 Å². The quantitative estimate of drug-likeness (QED) is 0.234. The zero-order chi connectivity index (χ0) is 25.2. The van der Waals surface area contributed by atoms with Crippen LogP contribution in [0.5, 0.6) is 5.75 Å². The normalized spacial score (nSPS) is 12.1. The number of esters is 1. The van der Waals surface area contributed by atoms with E-state index < -0.39 is 47.5 Å². The van der Waals surface area contributed by atoms with Crippen molar-refractivity contribution in [1.29, 1.82) is 0 Å². The number of pyridine rings is 1. The van der Waals surface area contributed by atoms with Crippen molar-refractivity contribution in [2.24, 2.45) is 0 Å². The Kier molecular flexibility index (Phi) is 6.37. The number of ether oxygens (including phenoxy) is 2. The maximum absolute atomic E-state index is 13.3. The summed E-state index contributed by atoms with van der Waals surface area (Å²) < 4.78 is 95.3. The molecule has 0 fully saturated rings. The third-order valence-corrected chi connectivity index (χ3v) is 4.75. The molecule has 2 aromatic carbocycles. The molecule has 6 nitrogen and oxygen atoms in total. The molecule has 0 N–H and O–H groups in total. The number of hydrogen-bond donors (Lipinski definition) is 0. The molecular weight excluding hydrogens is 482 g/mol. The van der Waals surface area contributed by atoms with Gasteiger partial charge in [-0.05, 0) is 17.7 Å². The summed E-state index contributed by atoms with van der Waals surface area (Å²) in [6.07, 6.45) is -9.96. The molecule has 4 rings (SSSR count). The number of alkyl halides is 6. The van der Waals surface area contributed by atoms with Crippen molar-refractivity contribution in [3.05, 3.63) is 88.9 Å². The summed E-state index contributed by atoms with van der Waals surface area (Å²) in [4.78, 5) is 15.3. The molecule has 0 spiro atoms. The summed E-state index contributed by atoms with van der Waals surface area (Å²) in [6.45, 7) is -0.547. The fourth-order valence-electron chi connectivity index (χ4n) is 3.13. The lowest BCUT2D eigenvalue weighted by atomic mass is 10.1. The summed E-state index contributed by atoms with van der Waals surface area (Å²) in [7, 11) is 0. The van der Waals surface area contributed by atoms with Gasteiger partial charge in [0.1, 0.15) is 24.7 Å². The first-order valence-corrected chi connectivity index (χ1v) is 9.90. The zero-order valence-electron chi connectivity index (χ0n) is 17.5. The molecule has 2 aromatic heterocycles. The van der Waals surface area contributed by atoms with E-state index in [4.69, 9.17) is 14.0 Å². The fraction of sp³-hybridized carbons (Fsp3) is 0.174. The van der Waals surface area contributed by atoms with Crippen molar-refractivity contribution in [2.75, 3.05) is 0 Å². The van der Waals surface area contributed by atoms with E-state index in [1.165, 1.54) is 0 Å². The van der Waals surface area contributed by atoms with Gasteiger partial charge in [0.2, 0.25) is 0 Å². The summed E-state index contributed by atoms with van der Waals surface area (Å²) in [5.41, 5.74) is -3.29. The number of aromatic nitrogens is 2. The highest BCUT2D eigenvalue weighted by molar-refractivity contribution is 5.88. The highest BCUT2D eigenvalue weighted by Gasteiger charge is 2.37. The molecule has 0 radical (unpaired) electrons. The third kappa shape index (κ3) is 5.53. The second-order valence-corrected chi connectivity index (χ2v) is 7.23. The van der Waals surface area contributed by atoms with Crippen LogP contribution in [-0.4, -0.2) is 16.1 Å². The Balaban J connectivity index is 1.55. The number of benzene rings is 2. The van der Waals surface area contributed by atoms with Gasteiger partial charge >= 0.3 is 18.3 Å². The van der Waals surface area contributed by atoms with E-state index in [1.807, 2.05) is 0 Å². The number of para-hydroxylation sites is 1. The van der Waals surface area contributed by atoms with E-state index in [0.29, 0.717) is 12.1 Å². The lowest BCUT2D eigenvalue weighted by molar-refractivity contribution is -0.142. The number of nitrogens with zero attached hydrogens (tertiary/aromatic N) is 2. The van der Waals surface area contributed by atoms with E-state index in [2.05, 4.69) is 10.1 Å². The minimum Gasteiger partial charge on any atom is -0.485 e. The number of carbonyl (C=O) groups excluding carboxylic acids is 1. The highest BCUT2D eigenvalue weighted by Crippen LogP contribution is 2.40. The zero-order valence-corrected chi connectivity index (χ0v) is 17.5. The van der Waals surface area contributed by atoms with Crippen LogP contribution in [0.3, 0.4) is 0 Å². The van der Waals surface area contributed by atoms with Gasteiger partial charge in [-0.3, -0.25) is 0 Å². The SMILES string of the molecule is O=C(OCc1ccccc1)c1cc(COc2cc(C(F)(F)F)nc3c(C(F)(F)F)cccc23)on1. The van der Waals surface area contributed by atoms with E-state index >= 15 is 0 Å². The maximum atomic E-state index is 13.3. The average Bonchev–Trinajstić information content (AvgIpc) is 3.29.